The first kappa shape index (κ1) is 15.9. The van der Waals surface area contributed by atoms with E-state index in [1.807, 2.05) is 0 Å². The van der Waals surface area contributed by atoms with Crippen molar-refractivity contribution in [3.63, 3.8) is 0 Å². The van der Waals surface area contributed by atoms with E-state index >= 15 is 0 Å². The van der Waals surface area contributed by atoms with Gasteiger partial charge in [0.2, 0.25) is 10.0 Å². The highest BCUT2D eigenvalue weighted by Gasteiger charge is 2.30. The van der Waals surface area contributed by atoms with E-state index in [1.54, 1.807) is 4.31 Å². The molecular weight excluding hydrogens is 250 g/mol. The Kier molecular flexibility index (Phi) is 6.55. The van der Waals surface area contributed by atoms with E-state index in [2.05, 4.69) is 31.1 Å². The fourth-order valence-corrected chi connectivity index (χ4v) is 3.66. The lowest BCUT2D eigenvalue weighted by molar-refractivity contribution is 0.144. The average molecular weight is 277 g/mol. The van der Waals surface area contributed by atoms with Crippen LogP contribution in [0.2, 0.25) is 0 Å². The molecule has 1 fully saturated rings. The minimum absolute atomic E-state index is 0.215. The van der Waals surface area contributed by atoms with Gasteiger partial charge in [0.05, 0.1) is 5.75 Å². The minimum Gasteiger partial charge on any atom is -0.316 e. The van der Waals surface area contributed by atoms with Crippen LogP contribution in [0.3, 0.4) is 0 Å². The van der Waals surface area contributed by atoms with E-state index in [4.69, 9.17) is 0 Å². The maximum Gasteiger partial charge on any atom is 0.215 e. The van der Waals surface area contributed by atoms with Crippen molar-refractivity contribution in [2.24, 2.45) is 0 Å². The topological polar surface area (TPSA) is 52.7 Å². The lowest BCUT2D eigenvalue weighted by Crippen LogP contribution is -2.53. The molecule has 1 saturated heterocycles. The zero-order valence-electron chi connectivity index (χ0n) is 11.9. The molecular formula is C12H27N3O2S. The minimum atomic E-state index is -3.09. The van der Waals surface area contributed by atoms with Gasteiger partial charge in [0.25, 0.3) is 0 Å². The Morgan fingerprint density at radius 2 is 1.94 bits per heavy atom. The maximum atomic E-state index is 12.2. The second-order valence-electron chi connectivity index (χ2n) is 4.97. The molecule has 108 valence electrons. The van der Waals surface area contributed by atoms with Crippen molar-refractivity contribution in [2.75, 3.05) is 45.5 Å². The second kappa shape index (κ2) is 7.43. The van der Waals surface area contributed by atoms with E-state index in [0.717, 1.165) is 25.9 Å². The number of hydrogen-bond acceptors (Lipinski definition) is 4. The Morgan fingerprint density at radius 3 is 2.56 bits per heavy atom. The quantitative estimate of drug-likeness (QED) is 0.682. The van der Waals surface area contributed by atoms with Gasteiger partial charge in [-0.05, 0) is 26.4 Å². The van der Waals surface area contributed by atoms with Gasteiger partial charge in [-0.3, -0.25) is 0 Å². The average Bonchev–Trinajstić information content (AvgIpc) is 2.35. The number of sulfonamides is 1. The third-order valence-corrected chi connectivity index (χ3v) is 5.41. The summed E-state index contributed by atoms with van der Waals surface area (Å²) in [5.41, 5.74) is 0. The monoisotopic (exact) mass is 277 g/mol. The molecule has 0 bridgehead atoms. The highest BCUT2D eigenvalue weighted by atomic mass is 32.2. The van der Waals surface area contributed by atoms with Gasteiger partial charge in [-0.2, -0.15) is 4.31 Å². The standard InChI is InChI=1S/C12H27N3O2S/c1-4-6-13-7-10-18(16,17)15-9-8-14(3)12(5-2)11-15/h12-13H,4-11H2,1-3H3. The molecule has 1 rings (SSSR count). The van der Waals surface area contributed by atoms with E-state index in [1.165, 1.54) is 0 Å². The van der Waals surface area contributed by atoms with Crippen molar-refractivity contribution >= 4 is 10.0 Å². The molecule has 0 aromatic rings. The van der Waals surface area contributed by atoms with Crippen LogP contribution >= 0.6 is 0 Å². The number of nitrogens with zero attached hydrogens (tertiary/aromatic N) is 2. The van der Waals surface area contributed by atoms with Gasteiger partial charge in [-0.25, -0.2) is 8.42 Å². The highest BCUT2D eigenvalue weighted by Crippen LogP contribution is 2.14. The Balaban J connectivity index is 2.47. The van der Waals surface area contributed by atoms with Crippen LogP contribution < -0.4 is 5.32 Å². The fourth-order valence-electron chi connectivity index (χ4n) is 2.24. The molecule has 0 spiro atoms. The molecule has 0 saturated carbocycles. The third kappa shape index (κ3) is 4.50. The van der Waals surface area contributed by atoms with Crippen LogP contribution in [0.5, 0.6) is 0 Å². The van der Waals surface area contributed by atoms with Gasteiger partial charge in [0, 0.05) is 32.2 Å². The molecule has 1 heterocycles. The summed E-state index contributed by atoms with van der Waals surface area (Å²) < 4.78 is 26.0. The van der Waals surface area contributed by atoms with Crippen LogP contribution in [-0.4, -0.2) is 69.2 Å². The smallest absolute Gasteiger partial charge is 0.215 e. The van der Waals surface area contributed by atoms with Crippen LogP contribution in [0.1, 0.15) is 26.7 Å². The number of likely N-dealkylation sites (N-methyl/N-ethyl adjacent to an activating group) is 1. The molecule has 1 aliphatic rings. The molecule has 0 amide bonds. The first-order valence-electron chi connectivity index (χ1n) is 6.90. The van der Waals surface area contributed by atoms with Gasteiger partial charge >= 0.3 is 0 Å². The zero-order valence-corrected chi connectivity index (χ0v) is 12.7. The normalized spacial score (nSPS) is 23.4. The summed E-state index contributed by atoms with van der Waals surface area (Å²) >= 11 is 0. The lowest BCUT2D eigenvalue weighted by Gasteiger charge is -2.38. The largest absolute Gasteiger partial charge is 0.316 e. The predicted molar refractivity (Wildman–Crippen MR) is 75.2 cm³/mol. The van der Waals surface area contributed by atoms with E-state index in [-0.39, 0.29) is 5.75 Å². The maximum absolute atomic E-state index is 12.2. The van der Waals surface area contributed by atoms with Crippen molar-refractivity contribution in [3.8, 4) is 0 Å². The first-order chi connectivity index (χ1) is 8.51. The van der Waals surface area contributed by atoms with Crippen molar-refractivity contribution < 1.29 is 8.42 Å². The molecule has 1 atom stereocenters. The molecule has 6 heteroatoms. The van der Waals surface area contributed by atoms with E-state index < -0.39 is 10.0 Å². The van der Waals surface area contributed by atoms with Gasteiger partial charge in [0.1, 0.15) is 0 Å². The Labute approximate surface area is 112 Å². The summed E-state index contributed by atoms with van der Waals surface area (Å²) in [4.78, 5) is 2.25. The van der Waals surface area contributed by atoms with E-state index in [9.17, 15) is 8.42 Å². The van der Waals surface area contributed by atoms with E-state index in [0.29, 0.717) is 25.7 Å². The zero-order chi connectivity index (χ0) is 13.6. The molecule has 0 aromatic heterocycles. The summed E-state index contributed by atoms with van der Waals surface area (Å²) in [6.07, 6.45) is 2.03. The molecule has 18 heavy (non-hydrogen) atoms. The molecule has 0 aliphatic carbocycles. The summed E-state index contributed by atoms with van der Waals surface area (Å²) in [6.45, 7) is 7.73. The lowest BCUT2D eigenvalue weighted by atomic mass is 10.1. The Bertz CT molecular complexity index is 332. The molecule has 1 aliphatic heterocycles. The van der Waals surface area contributed by atoms with Crippen molar-refractivity contribution in [1.82, 2.24) is 14.5 Å². The van der Waals surface area contributed by atoms with Gasteiger partial charge in [-0.15, -0.1) is 0 Å². The van der Waals surface area contributed by atoms with Gasteiger partial charge in [0.15, 0.2) is 0 Å². The first-order valence-corrected chi connectivity index (χ1v) is 8.51. The van der Waals surface area contributed by atoms with Crippen LogP contribution in [0.4, 0.5) is 0 Å². The van der Waals surface area contributed by atoms with Crippen LogP contribution in [-0.2, 0) is 10.0 Å². The van der Waals surface area contributed by atoms with Crippen LogP contribution in [0, 0.1) is 0 Å². The third-order valence-electron chi connectivity index (χ3n) is 3.57. The molecule has 0 aromatic carbocycles. The molecule has 1 unspecified atom stereocenters. The van der Waals surface area contributed by atoms with Crippen LogP contribution in [0.15, 0.2) is 0 Å². The second-order valence-corrected chi connectivity index (χ2v) is 7.06. The predicted octanol–water partition coefficient (Wildman–Crippen LogP) is 0.342. The molecule has 0 radical (unpaired) electrons. The summed E-state index contributed by atoms with van der Waals surface area (Å²) in [7, 11) is -1.02. The van der Waals surface area contributed by atoms with Crippen molar-refractivity contribution in [3.05, 3.63) is 0 Å². The number of piperazine rings is 1. The summed E-state index contributed by atoms with van der Waals surface area (Å²) in [6, 6.07) is 0.358. The highest BCUT2D eigenvalue weighted by molar-refractivity contribution is 7.89. The molecule has 5 nitrogen and oxygen atoms in total. The van der Waals surface area contributed by atoms with Crippen LogP contribution in [0.25, 0.3) is 0 Å². The van der Waals surface area contributed by atoms with Gasteiger partial charge in [-0.1, -0.05) is 13.8 Å². The molecule has 1 N–H and O–H groups in total. The van der Waals surface area contributed by atoms with Gasteiger partial charge < -0.3 is 10.2 Å². The number of hydrogen-bond donors (Lipinski definition) is 1. The summed E-state index contributed by atoms with van der Waals surface area (Å²) in [5, 5.41) is 3.15. The van der Waals surface area contributed by atoms with Crippen molar-refractivity contribution in [2.45, 2.75) is 32.7 Å². The SMILES string of the molecule is CCCNCCS(=O)(=O)N1CCN(C)C(CC)C1. The number of rotatable bonds is 7. The Morgan fingerprint density at radius 1 is 1.22 bits per heavy atom. The fraction of sp³-hybridized carbons (Fsp3) is 1.00. The van der Waals surface area contributed by atoms with Crippen molar-refractivity contribution in [1.29, 1.82) is 0 Å². The Hall–Kier alpha value is -0.170. The number of nitrogens with one attached hydrogen (secondary N) is 1. The summed E-state index contributed by atoms with van der Waals surface area (Å²) in [5.74, 6) is 0.215.